The molecule has 2 aliphatic heterocycles. The molecule has 2 aliphatic rings. The van der Waals surface area contributed by atoms with E-state index >= 15 is 0 Å². The number of hydrogen-bond acceptors (Lipinski definition) is 7. The van der Waals surface area contributed by atoms with Gasteiger partial charge in [-0.05, 0) is 61.4 Å². The summed E-state index contributed by atoms with van der Waals surface area (Å²) in [5, 5.41) is 0. The fourth-order valence-electron chi connectivity index (χ4n) is 4.75. The van der Waals surface area contributed by atoms with Gasteiger partial charge in [-0.3, -0.25) is 9.69 Å². The summed E-state index contributed by atoms with van der Waals surface area (Å²) in [5.74, 6) is 2.10. The summed E-state index contributed by atoms with van der Waals surface area (Å²) in [6.07, 6.45) is 0.611. The van der Waals surface area contributed by atoms with E-state index in [4.69, 9.17) is 14.2 Å². The largest absolute Gasteiger partial charge is 0.497 e. The molecule has 33 heavy (non-hydrogen) atoms. The summed E-state index contributed by atoms with van der Waals surface area (Å²) in [5.41, 5.74) is 1.65. The van der Waals surface area contributed by atoms with Crippen molar-refractivity contribution in [1.29, 1.82) is 0 Å². The summed E-state index contributed by atoms with van der Waals surface area (Å²) >= 11 is 0. The lowest BCUT2D eigenvalue weighted by molar-refractivity contribution is -0.123. The molecule has 0 N–H and O–H groups in total. The third-order valence-electron chi connectivity index (χ3n) is 6.28. The molecular formula is C24H30N2O6S. The van der Waals surface area contributed by atoms with Crippen LogP contribution in [-0.4, -0.2) is 76.7 Å². The Bertz CT molecular complexity index is 1100. The van der Waals surface area contributed by atoms with E-state index in [1.807, 2.05) is 54.3 Å². The van der Waals surface area contributed by atoms with Crippen LogP contribution in [-0.2, 0) is 21.1 Å². The molecule has 2 aromatic rings. The van der Waals surface area contributed by atoms with Crippen LogP contribution in [0.3, 0.4) is 0 Å². The van der Waals surface area contributed by atoms with Gasteiger partial charge in [-0.2, -0.15) is 0 Å². The zero-order chi connectivity index (χ0) is 23.6. The second-order valence-corrected chi connectivity index (χ2v) is 10.5. The van der Waals surface area contributed by atoms with E-state index in [0.29, 0.717) is 25.3 Å². The maximum absolute atomic E-state index is 13.2. The van der Waals surface area contributed by atoms with E-state index in [9.17, 15) is 13.2 Å². The van der Waals surface area contributed by atoms with E-state index in [-0.39, 0.29) is 30.0 Å². The van der Waals surface area contributed by atoms with Crippen LogP contribution in [0.5, 0.6) is 17.2 Å². The van der Waals surface area contributed by atoms with E-state index in [0.717, 1.165) is 22.8 Å². The van der Waals surface area contributed by atoms with E-state index in [1.54, 1.807) is 19.1 Å². The number of anilines is 1. The van der Waals surface area contributed by atoms with Crippen molar-refractivity contribution < 1.29 is 27.4 Å². The molecular weight excluding hydrogens is 444 g/mol. The molecule has 0 aromatic heterocycles. The van der Waals surface area contributed by atoms with Gasteiger partial charge in [0.05, 0.1) is 44.9 Å². The molecule has 2 fully saturated rings. The summed E-state index contributed by atoms with van der Waals surface area (Å²) in [6, 6.07) is 12.2. The zero-order valence-corrected chi connectivity index (χ0v) is 20.0. The lowest BCUT2D eigenvalue weighted by Gasteiger charge is -2.43. The van der Waals surface area contributed by atoms with Crippen LogP contribution >= 0.6 is 0 Å². The molecule has 8 nitrogen and oxygen atoms in total. The molecule has 0 aliphatic carbocycles. The third kappa shape index (κ3) is 4.94. The van der Waals surface area contributed by atoms with Crippen LogP contribution in [0.4, 0.5) is 5.69 Å². The number of ether oxygens (including phenoxy) is 3. The van der Waals surface area contributed by atoms with Crippen molar-refractivity contribution in [2.24, 2.45) is 0 Å². The molecule has 0 saturated carbocycles. The molecule has 0 bridgehead atoms. The number of nitrogens with zero attached hydrogens (tertiary/aromatic N) is 2. The van der Waals surface area contributed by atoms with Crippen molar-refractivity contribution in [2.45, 2.75) is 25.4 Å². The number of carbonyl (C=O) groups is 1. The number of rotatable bonds is 8. The molecule has 2 aromatic carbocycles. The van der Waals surface area contributed by atoms with E-state index in [2.05, 4.69) is 0 Å². The topological polar surface area (TPSA) is 85.4 Å². The van der Waals surface area contributed by atoms with Gasteiger partial charge in [0, 0.05) is 18.3 Å². The van der Waals surface area contributed by atoms with E-state index in [1.165, 1.54) is 0 Å². The smallest absolute Gasteiger partial charge is 0.241 e. The van der Waals surface area contributed by atoms with Crippen molar-refractivity contribution in [1.82, 2.24) is 4.90 Å². The normalized spacial score (nSPS) is 22.2. The first-order chi connectivity index (χ1) is 15.8. The summed E-state index contributed by atoms with van der Waals surface area (Å²) in [7, 11) is -0.0297. The third-order valence-corrected chi connectivity index (χ3v) is 7.98. The quantitative estimate of drug-likeness (QED) is 0.580. The lowest BCUT2D eigenvalue weighted by atomic mass is 10.0. The molecule has 2 saturated heterocycles. The highest BCUT2D eigenvalue weighted by Crippen LogP contribution is 2.33. The van der Waals surface area contributed by atoms with Crippen molar-refractivity contribution >= 4 is 21.4 Å². The Morgan fingerprint density at radius 1 is 0.970 bits per heavy atom. The van der Waals surface area contributed by atoms with E-state index < -0.39 is 15.9 Å². The Morgan fingerprint density at radius 2 is 1.67 bits per heavy atom. The van der Waals surface area contributed by atoms with Crippen LogP contribution in [0, 0.1) is 0 Å². The van der Waals surface area contributed by atoms with Gasteiger partial charge in [0.15, 0.2) is 9.84 Å². The molecule has 0 spiro atoms. The Kier molecular flexibility index (Phi) is 6.81. The Labute approximate surface area is 195 Å². The highest BCUT2D eigenvalue weighted by molar-refractivity contribution is 7.91. The predicted molar refractivity (Wildman–Crippen MR) is 126 cm³/mol. The van der Waals surface area contributed by atoms with Crippen molar-refractivity contribution in [2.75, 3.05) is 50.3 Å². The number of benzene rings is 2. The summed E-state index contributed by atoms with van der Waals surface area (Å²) in [4.78, 5) is 16.9. The van der Waals surface area contributed by atoms with Gasteiger partial charge in [-0.1, -0.05) is 0 Å². The lowest BCUT2D eigenvalue weighted by Crippen LogP contribution is -2.62. The van der Waals surface area contributed by atoms with Crippen LogP contribution < -0.4 is 19.1 Å². The molecule has 9 heteroatoms. The van der Waals surface area contributed by atoms with Gasteiger partial charge in [-0.15, -0.1) is 0 Å². The number of methoxy groups -OCH3 is 2. The highest BCUT2D eigenvalue weighted by atomic mass is 32.2. The van der Waals surface area contributed by atoms with Gasteiger partial charge >= 0.3 is 0 Å². The zero-order valence-electron chi connectivity index (χ0n) is 19.2. The second kappa shape index (κ2) is 9.61. The fraction of sp³-hybridized carbons (Fsp3) is 0.458. The highest BCUT2D eigenvalue weighted by Gasteiger charge is 2.49. The Morgan fingerprint density at radius 3 is 2.33 bits per heavy atom. The first-order valence-corrected chi connectivity index (χ1v) is 12.9. The molecule has 2 heterocycles. The summed E-state index contributed by atoms with van der Waals surface area (Å²) in [6.45, 7) is 3.17. The predicted octanol–water partition coefficient (Wildman–Crippen LogP) is 2.16. The number of piperazine rings is 1. The Hall–Kier alpha value is -2.78. The standard InChI is InChI=1S/C24H30N2O6S/c1-4-32-19-7-5-18(6-8-19)26-22-16-33(28,29)15-21(22)25(14-24(26)27)12-11-17-13-20(30-2)9-10-23(17)31-3/h5-10,13,21-22H,4,11-12,14-16H2,1-3H3. The van der Waals surface area contributed by atoms with Crippen LogP contribution in [0.25, 0.3) is 0 Å². The van der Waals surface area contributed by atoms with Crippen molar-refractivity contribution in [3.63, 3.8) is 0 Å². The second-order valence-electron chi connectivity index (χ2n) is 8.30. The minimum absolute atomic E-state index is 0.0321. The Balaban J connectivity index is 1.56. The average molecular weight is 475 g/mol. The van der Waals surface area contributed by atoms with Crippen LogP contribution in [0.2, 0.25) is 0 Å². The first-order valence-electron chi connectivity index (χ1n) is 11.1. The number of sulfone groups is 1. The van der Waals surface area contributed by atoms with Crippen molar-refractivity contribution in [3.05, 3.63) is 48.0 Å². The molecule has 0 radical (unpaired) electrons. The minimum atomic E-state index is -3.25. The van der Waals surface area contributed by atoms with Crippen molar-refractivity contribution in [3.8, 4) is 17.2 Å². The van der Waals surface area contributed by atoms with Crippen LogP contribution in [0.15, 0.2) is 42.5 Å². The first kappa shape index (κ1) is 23.4. The number of carbonyl (C=O) groups excluding carboxylic acids is 1. The fourth-order valence-corrected chi connectivity index (χ4v) is 6.73. The van der Waals surface area contributed by atoms with Gasteiger partial charge < -0.3 is 19.1 Å². The minimum Gasteiger partial charge on any atom is -0.497 e. The summed E-state index contributed by atoms with van der Waals surface area (Å²) < 4.78 is 41.5. The van der Waals surface area contributed by atoms with Gasteiger partial charge in [0.2, 0.25) is 5.91 Å². The maximum Gasteiger partial charge on any atom is 0.241 e. The average Bonchev–Trinajstić information content (AvgIpc) is 3.13. The molecule has 1 amide bonds. The maximum atomic E-state index is 13.2. The molecule has 2 unspecified atom stereocenters. The molecule has 4 rings (SSSR count). The molecule has 2 atom stereocenters. The SMILES string of the molecule is CCOc1ccc(N2C(=O)CN(CCc3cc(OC)ccc3OC)C3CS(=O)(=O)CC32)cc1. The molecule has 178 valence electrons. The van der Waals surface area contributed by atoms with Gasteiger partial charge in [-0.25, -0.2) is 8.42 Å². The van der Waals surface area contributed by atoms with Crippen LogP contribution in [0.1, 0.15) is 12.5 Å². The number of fused-ring (bicyclic) bond motifs is 1. The monoisotopic (exact) mass is 474 g/mol. The number of hydrogen-bond donors (Lipinski definition) is 0. The van der Waals surface area contributed by atoms with Gasteiger partial charge in [0.1, 0.15) is 17.2 Å². The number of amides is 1. The van der Waals surface area contributed by atoms with Gasteiger partial charge in [0.25, 0.3) is 0 Å².